The Morgan fingerprint density at radius 2 is 1.17 bits per heavy atom. The monoisotopic (exact) mass is 547 g/mol. The smallest absolute Gasteiger partial charge is 0.256 e. The van der Waals surface area contributed by atoms with Crippen LogP contribution in [0.5, 0.6) is 0 Å². The molecule has 0 aliphatic rings. The molecule has 1 nitrogen and oxygen atoms in total. The number of alkyl halides is 6. The molecule has 0 unspecified atom stereocenters. The topological polar surface area (TPSA) is 12.9 Å². The van der Waals surface area contributed by atoms with E-state index in [1.807, 2.05) is 0 Å². The van der Waals surface area contributed by atoms with Gasteiger partial charge in [0.25, 0.3) is 0 Å². The van der Waals surface area contributed by atoms with Crippen LogP contribution >= 0.6 is 23.2 Å². The van der Waals surface area contributed by atoms with Crippen molar-refractivity contribution in [2.24, 2.45) is 0 Å². The third-order valence-corrected chi connectivity index (χ3v) is 5.93. The molecular formula is C25H11Cl2F8N. The first kappa shape index (κ1) is 25.9. The van der Waals surface area contributed by atoms with Gasteiger partial charge in [-0.2, -0.15) is 26.3 Å². The highest BCUT2D eigenvalue weighted by atomic mass is 35.5. The van der Waals surface area contributed by atoms with E-state index < -0.39 is 40.1 Å². The largest absolute Gasteiger partial charge is 0.419 e. The lowest BCUT2D eigenvalue weighted by atomic mass is 9.90. The first-order chi connectivity index (χ1) is 16.8. The molecule has 1 aromatic heterocycles. The Morgan fingerprint density at radius 1 is 0.583 bits per heavy atom. The molecule has 0 saturated heterocycles. The zero-order valence-corrected chi connectivity index (χ0v) is 19.1. The van der Waals surface area contributed by atoms with Crippen molar-refractivity contribution < 1.29 is 35.1 Å². The maximum atomic E-state index is 14.4. The van der Waals surface area contributed by atoms with Gasteiger partial charge in [0.05, 0.1) is 26.9 Å². The van der Waals surface area contributed by atoms with Gasteiger partial charge in [0.2, 0.25) is 0 Å². The number of halogens is 10. The van der Waals surface area contributed by atoms with Crippen molar-refractivity contribution in [3.63, 3.8) is 0 Å². The van der Waals surface area contributed by atoms with E-state index >= 15 is 0 Å². The van der Waals surface area contributed by atoms with Crippen LogP contribution in [-0.4, -0.2) is 4.98 Å². The summed E-state index contributed by atoms with van der Waals surface area (Å²) in [6.07, 6.45) is -8.56. The van der Waals surface area contributed by atoms with E-state index in [-0.39, 0.29) is 38.5 Å². The van der Waals surface area contributed by atoms with Gasteiger partial charge in [-0.1, -0.05) is 41.4 Å². The summed E-state index contributed by atoms with van der Waals surface area (Å²) in [7, 11) is 0. The molecule has 4 rings (SSSR count). The molecule has 0 radical (unpaired) electrons. The lowest BCUT2D eigenvalue weighted by molar-refractivity contribution is -0.140. The van der Waals surface area contributed by atoms with E-state index in [1.165, 1.54) is 30.5 Å². The average Bonchev–Trinajstić information content (AvgIpc) is 2.79. The van der Waals surface area contributed by atoms with Crippen LogP contribution in [0.4, 0.5) is 35.1 Å². The fourth-order valence-electron chi connectivity index (χ4n) is 3.67. The van der Waals surface area contributed by atoms with Crippen LogP contribution < -0.4 is 0 Å². The molecular weight excluding hydrogens is 537 g/mol. The molecule has 0 aliphatic carbocycles. The van der Waals surface area contributed by atoms with Crippen molar-refractivity contribution >= 4 is 23.2 Å². The Morgan fingerprint density at radius 3 is 1.78 bits per heavy atom. The number of hydrogen-bond acceptors (Lipinski definition) is 1. The Labute approximate surface area is 208 Å². The van der Waals surface area contributed by atoms with E-state index in [1.54, 1.807) is 0 Å². The van der Waals surface area contributed by atoms with E-state index in [2.05, 4.69) is 4.98 Å². The van der Waals surface area contributed by atoms with E-state index in [9.17, 15) is 35.1 Å². The van der Waals surface area contributed by atoms with Gasteiger partial charge in [0.15, 0.2) is 0 Å². The Bertz CT molecular complexity index is 1460. The molecule has 0 fully saturated rings. The van der Waals surface area contributed by atoms with Gasteiger partial charge in [-0.15, -0.1) is 0 Å². The minimum absolute atomic E-state index is 0.0134. The minimum atomic E-state index is -4.95. The highest BCUT2D eigenvalue weighted by molar-refractivity contribution is 6.31. The predicted molar refractivity (Wildman–Crippen MR) is 120 cm³/mol. The van der Waals surface area contributed by atoms with Gasteiger partial charge in [-0.05, 0) is 59.2 Å². The second kappa shape index (κ2) is 9.37. The van der Waals surface area contributed by atoms with E-state index in [4.69, 9.17) is 23.2 Å². The van der Waals surface area contributed by atoms with Crippen LogP contribution in [0.15, 0.2) is 66.9 Å². The molecule has 0 N–H and O–H groups in total. The molecule has 0 saturated carbocycles. The number of hydrogen-bond donors (Lipinski definition) is 0. The normalized spacial score (nSPS) is 12.2. The third-order valence-electron chi connectivity index (χ3n) is 5.29. The molecule has 36 heavy (non-hydrogen) atoms. The van der Waals surface area contributed by atoms with Crippen molar-refractivity contribution in [3.8, 4) is 33.5 Å². The van der Waals surface area contributed by atoms with Crippen LogP contribution in [0.25, 0.3) is 33.5 Å². The Balaban J connectivity index is 2.04. The van der Waals surface area contributed by atoms with Crippen LogP contribution in [-0.2, 0) is 12.4 Å². The van der Waals surface area contributed by atoms with Crippen molar-refractivity contribution in [1.82, 2.24) is 4.98 Å². The molecule has 0 spiro atoms. The van der Waals surface area contributed by atoms with Gasteiger partial charge in [0.1, 0.15) is 11.6 Å². The molecule has 0 bridgehead atoms. The SMILES string of the molecule is Fc1cc(-c2nccc(-c3ccc(C(F)(F)F)c(F)c3)c2-c2ccc(Cl)c(C(F)(F)F)c2)ccc1Cl. The van der Waals surface area contributed by atoms with Gasteiger partial charge >= 0.3 is 12.4 Å². The second-order valence-corrected chi connectivity index (χ2v) is 8.41. The van der Waals surface area contributed by atoms with Gasteiger partial charge in [-0.3, -0.25) is 4.98 Å². The maximum Gasteiger partial charge on any atom is 0.419 e. The van der Waals surface area contributed by atoms with Crippen LogP contribution in [0.3, 0.4) is 0 Å². The summed E-state index contributed by atoms with van der Waals surface area (Å²) in [6, 6.07) is 10.00. The molecule has 186 valence electrons. The number of nitrogens with zero attached hydrogens (tertiary/aromatic N) is 1. The van der Waals surface area contributed by atoms with E-state index in [0.717, 1.165) is 24.3 Å². The summed E-state index contributed by atoms with van der Waals surface area (Å²) in [5.74, 6) is -2.41. The fourth-order valence-corrected chi connectivity index (χ4v) is 4.01. The predicted octanol–water partition coefficient (Wildman–Crippen LogP) is 9.71. The fraction of sp³-hybridized carbons (Fsp3) is 0.0800. The molecule has 0 aliphatic heterocycles. The van der Waals surface area contributed by atoms with Crippen molar-refractivity contribution in [2.45, 2.75) is 12.4 Å². The molecule has 3 aromatic carbocycles. The molecule has 4 aromatic rings. The first-order valence-corrected chi connectivity index (χ1v) is 10.7. The summed E-state index contributed by atoms with van der Waals surface area (Å²) in [5.41, 5.74) is -2.70. The lowest BCUT2D eigenvalue weighted by Crippen LogP contribution is -2.08. The van der Waals surface area contributed by atoms with E-state index in [0.29, 0.717) is 12.1 Å². The summed E-state index contributed by atoms with van der Waals surface area (Å²) >= 11 is 11.5. The molecule has 0 amide bonds. The highest BCUT2D eigenvalue weighted by Crippen LogP contribution is 2.44. The Kier molecular flexibility index (Phi) is 6.74. The summed E-state index contributed by atoms with van der Waals surface area (Å²) < 4.78 is 109. The van der Waals surface area contributed by atoms with Crippen LogP contribution in [0, 0.1) is 11.6 Å². The maximum absolute atomic E-state index is 14.4. The minimum Gasteiger partial charge on any atom is -0.256 e. The van der Waals surface area contributed by atoms with Crippen LogP contribution in [0.1, 0.15) is 11.1 Å². The molecule has 11 heteroatoms. The summed E-state index contributed by atoms with van der Waals surface area (Å²) in [4.78, 5) is 4.18. The second-order valence-electron chi connectivity index (χ2n) is 7.60. The average molecular weight is 548 g/mol. The third kappa shape index (κ3) is 5.03. The van der Waals surface area contributed by atoms with Gasteiger partial charge in [0, 0.05) is 17.3 Å². The number of rotatable bonds is 3. The van der Waals surface area contributed by atoms with Crippen molar-refractivity contribution in [1.29, 1.82) is 0 Å². The lowest BCUT2D eigenvalue weighted by Gasteiger charge is -2.18. The van der Waals surface area contributed by atoms with Crippen LogP contribution in [0.2, 0.25) is 10.0 Å². The summed E-state index contributed by atoms with van der Waals surface area (Å²) in [6.45, 7) is 0. The zero-order valence-electron chi connectivity index (χ0n) is 17.6. The number of benzene rings is 3. The van der Waals surface area contributed by atoms with Gasteiger partial charge in [-0.25, -0.2) is 8.78 Å². The number of aromatic nitrogens is 1. The summed E-state index contributed by atoms with van der Waals surface area (Å²) in [5, 5.41) is -0.802. The highest BCUT2D eigenvalue weighted by Gasteiger charge is 2.35. The van der Waals surface area contributed by atoms with Gasteiger partial charge < -0.3 is 0 Å². The quantitative estimate of drug-likeness (QED) is 0.232. The standard InChI is InChI=1S/C25H11Cl2F8N/c26-18-5-2-13(9-17(18)25(33,34)35)22-15(12-1-4-16(20(28)10-12)24(30,31)32)7-8-36-23(22)14-3-6-19(27)21(29)11-14/h1-11H. The van der Waals surface area contributed by atoms with Crippen molar-refractivity contribution in [3.05, 3.63) is 99.7 Å². The Hall–Kier alpha value is -3.17. The molecule has 0 atom stereocenters. The first-order valence-electron chi connectivity index (χ1n) is 9.96. The molecule has 1 heterocycles. The van der Waals surface area contributed by atoms with Crippen molar-refractivity contribution in [2.75, 3.05) is 0 Å². The number of pyridine rings is 1. The zero-order chi connectivity index (χ0) is 26.4.